The minimum Gasteiger partial charge on any atom is -0.396 e. The monoisotopic (exact) mass is 217 g/mol. The standard InChI is InChI=1S/C6H13F2NO3S/c1-4(3-10)5(2)9-13(11,12)6(7)8/h4-6,9-10H,3H2,1-2H3. The summed E-state index contributed by atoms with van der Waals surface area (Å²) in [6.45, 7) is 2.71. The summed E-state index contributed by atoms with van der Waals surface area (Å²) in [6.07, 6.45) is 0. The number of aliphatic hydroxyl groups is 1. The summed E-state index contributed by atoms with van der Waals surface area (Å²) in [4.78, 5) is 0. The van der Waals surface area contributed by atoms with Gasteiger partial charge in [-0.05, 0) is 12.8 Å². The Labute approximate surface area is 76.0 Å². The maximum Gasteiger partial charge on any atom is 0.350 e. The molecular formula is C6H13F2NO3S. The zero-order valence-corrected chi connectivity index (χ0v) is 8.18. The van der Waals surface area contributed by atoms with Gasteiger partial charge in [-0.25, -0.2) is 13.1 Å². The van der Waals surface area contributed by atoms with Crippen molar-refractivity contribution in [2.24, 2.45) is 5.92 Å². The van der Waals surface area contributed by atoms with Crippen LogP contribution in [0, 0.1) is 5.92 Å². The molecule has 0 aliphatic heterocycles. The van der Waals surface area contributed by atoms with Crippen LogP contribution >= 0.6 is 0 Å². The molecule has 2 atom stereocenters. The van der Waals surface area contributed by atoms with Crippen LogP contribution < -0.4 is 4.72 Å². The van der Waals surface area contributed by atoms with Gasteiger partial charge in [-0.3, -0.25) is 0 Å². The lowest BCUT2D eigenvalue weighted by Crippen LogP contribution is -2.41. The molecule has 2 unspecified atom stereocenters. The number of hydrogen-bond donors (Lipinski definition) is 2. The Morgan fingerprint density at radius 3 is 2.15 bits per heavy atom. The fraction of sp³-hybridized carbons (Fsp3) is 1.00. The molecule has 0 saturated carbocycles. The van der Waals surface area contributed by atoms with E-state index in [1.54, 1.807) is 11.6 Å². The van der Waals surface area contributed by atoms with Crippen molar-refractivity contribution >= 4 is 10.0 Å². The molecule has 2 N–H and O–H groups in total. The zero-order chi connectivity index (χ0) is 10.6. The van der Waals surface area contributed by atoms with Gasteiger partial charge in [0.25, 0.3) is 10.0 Å². The summed E-state index contributed by atoms with van der Waals surface area (Å²) in [5.41, 5.74) is 0. The first-order valence-corrected chi connectivity index (χ1v) is 5.26. The number of aliphatic hydroxyl groups excluding tert-OH is 1. The summed E-state index contributed by atoms with van der Waals surface area (Å²) in [5, 5.41) is 8.62. The largest absolute Gasteiger partial charge is 0.396 e. The molecule has 0 aliphatic rings. The summed E-state index contributed by atoms with van der Waals surface area (Å²) >= 11 is 0. The predicted molar refractivity (Wildman–Crippen MR) is 43.8 cm³/mol. The van der Waals surface area contributed by atoms with E-state index in [0.717, 1.165) is 0 Å². The Bertz CT molecular complexity index is 242. The number of hydrogen-bond acceptors (Lipinski definition) is 3. The minimum atomic E-state index is -4.55. The molecule has 0 amide bonds. The fourth-order valence-electron chi connectivity index (χ4n) is 0.585. The summed E-state index contributed by atoms with van der Waals surface area (Å²) in [5.74, 6) is -3.82. The fourth-order valence-corrected chi connectivity index (χ4v) is 1.44. The Kier molecular flexibility index (Phi) is 4.72. The molecule has 0 rings (SSSR count). The lowest BCUT2D eigenvalue weighted by Gasteiger charge is -2.18. The molecule has 0 fully saturated rings. The Balaban J connectivity index is 4.29. The van der Waals surface area contributed by atoms with Crippen molar-refractivity contribution in [3.8, 4) is 0 Å². The highest BCUT2D eigenvalue weighted by atomic mass is 32.2. The van der Waals surface area contributed by atoms with Crippen molar-refractivity contribution in [3.05, 3.63) is 0 Å². The van der Waals surface area contributed by atoms with Gasteiger partial charge in [-0.1, -0.05) is 6.92 Å². The molecule has 0 aromatic heterocycles. The van der Waals surface area contributed by atoms with Gasteiger partial charge < -0.3 is 5.11 Å². The molecule has 0 aliphatic carbocycles. The van der Waals surface area contributed by atoms with Gasteiger partial charge in [0, 0.05) is 12.6 Å². The lowest BCUT2D eigenvalue weighted by molar-refractivity contribution is 0.208. The molecule has 0 bridgehead atoms. The van der Waals surface area contributed by atoms with Crippen LogP contribution in [0.3, 0.4) is 0 Å². The first-order valence-electron chi connectivity index (χ1n) is 3.71. The van der Waals surface area contributed by atoms with Crippen molar-refractivity contribution in [1.29, 1.82) is 0 Å². The molecular weight excluding hydrogens is 204 g/mol. The third kappa shape index (κ3) is 3.97. The number of nitrogens with one attached hydrogen (secondary N) is 1. The van der Waals surface area contributed by atoms with Crippen LogP contribution in [-0.4, -0.2) is 31.9 Å². The molecule has 0 aromatic rings. The highest BCUT2D eigenvalue weighted by molar-refractivity contribution is 7.89. The second-order valence-corrected chi connectivity index (χ2v) is 4.55. The van der Waals surface area contributed by atoms with E-state index in [9.17, 15) is 17.2 Å². The van der Waals surface area contributed by atoms with Crippen LogP contribution in [-0.2, 0) is 10.0 Å². The molecule has 0 radical (unpaired) electrons. The van der Waals surface area contributed by atoms with Crippen molar-refractivity contribution in [3.63, 3.8) is 0 Å². The number of rotatable bonds is 5. The van der Waals surface area contributed by atoms with Gasteiger partial charge in [0.2, 0.25) is 0 Å². The first kappa shape index (κ1) is 12.7. The van der Waals surface area contributed by atoms with Gasteiger partial charge >= 0.3 is 5.76 Å². The van der Waals surface area contributed by atoms with Crippen LogP contribution in [0.25, 0.3) is 0 Å². The number of alkyl halides is 2. The summed E-state index contributed by atoms with van der Waals surface area (Å²) in [6, 6.07) is -0.705. The topological polar surface area (TPSA) is 66.4 Å². The van der Waals surface area contributed by atoms with Gasteiger partial charge in [0.15, 0.2) is 0 Å². The SMILES string of the molecule is CC(CO)C(C)NS(=O)(=O)C(F)F. The van der Waals surface area contributed by atoms with E-state index < -0.39 is 27.7 Å². The predicted octanol–water partition coefficient (Wildman–Crippen LogP) is 0.145. The Morgan fingerprint density at radius 1 is 1.38 bits per heavy atom. The number of halogens is 2. The second-order valence-electron chi connectivity index (χ2n) is 2.87. The molecule has 0 aromatic carbocycles. The van der Waals surface area contributed by atoms with Crippen molar-refractivity contribution in [2.75, 3.05) is 6.61 Å². The third-order valence-electron chi connectivity index (χ3n) is 1.73. The van der Waals surface area contributed by atoms with Crippen LogP contribution in [0.4, 0.5) is 8.78 Å². The molecule has 13 heavy (non-hydrogen) atoms. The van der Waals surface area contributed by atoms with Crippen LogP contribution in [0.2, 0.25) is 0 Å². The molecule has 0 spiro atoms. The third-order valence-corrected chi connectivity index (χ3v) is 2.90. The molecule has 80 valence electrons. The Hall–Kier alpha value is -0.270. The average molecular weight is 217 g/mol. The zero-order valence-electron chi connectivity index (χ0n) is 7.37. The van der Waals surface area contributed by atoms with Crippen molar-refractivity contribution < 1.29 is 22.3 Å². The van der Waals surface area contributed by atoms with Gasteiger partial charge in [-0.2, -0.15) is 8.78 Å². The average Bonchev–Trinajstić information content (AvgIpc) is 2.01. The van der Waals surface area contributed by atoms with E-state index in [1.165, 1.54) is 6.92 Å². The van der Waals surface area contributed by atoms with Gasteiger partial charge in [0.05, 0.1) is 0 Å². The van der Waals surface area contributed by atoms with Crippen LogP contribution in [0.1, 0.15) is 13.8 Å². The molecule has 0 saturated heterocycles. The molecule has 4 nitrogen and oxygen atoms in total. The van der Waals surface area contributed by atoms with E-state index >= 15 is 0 Å². The second kappa shape index (κ2) is 4.83. The summed E-state index contributed by atoms with van der Waals surface area (Å²) < 4.78 is 46.7. The van der Waals surface area contributed by atoms with E-state index in [4.69, 9.17) is 5.11 Å². The van der Waals surface area contributed by atoms with Crippen LogP contribution in [0.15, 0.2) is 0 Å². The molecule has 7 heteroatoms. The van der Waals surface area contributed by atoms with Crippen molar-refractivity contribution in [2.45, 2.75) is 25.6 Å². The quantitative estimate of drug-likeness (QED) is 0.688. The smallest absolute Gasteiger partial charge is 0.350 e. The molecule has 0 heterocycles. The minimum absolute atomic E-state index is 0.257. The number of sulfonamides is 1. The highest BCUT2D eigenvalue weighted by Gasteiger charge is 2.27. The van der Waals surface area contributed by atoms with E-state index in [1.807, 2.05) is 0 Å². The highest BCUT2D eigenvalue weighted by Crippen LogP contribution is 2.07. The lowest BCUT2D eigenvalue weighted by atomic mass is 10.1. The van der Waals surface area contributed by atoms with E-state index in [0.29, 0.717) is 0 Å². The van der Waals surface area contributed by atoms with Gasteiger partial charge in [-0.15, -0.1) is 0 Å². The maximum absolute atomic E-state index is 11.8. The van der Waals surface area contributed by atoms with Crippen LogP contribution in [0.5, 0.6) is 0 Å². The summed E-state index contributed by atoms with van der Waals surface area (Å²) in [7, 11) is -4.55. The Morgan fingerprint density at radius 2 is 1.85 bits per heavy atom. The maximum atomic E-state index is 11.8. The first-order chi connectivity index (χ1) is 5.81. The van der Waals surface area contributed by atoms with Crippen molar-refractivity contribution in [1.82, 2.24) is 4.72 Å². The normalized spacial score (nSPS) is 17.4. The van der Waals surface area contributed by atoms with E-state index in [2.05, 4.69) is 0 Å². The van der Waals surface area contributed by atoms with E-state index in [-0.39, 0.29) is 6.61 Å². The van der Waals surface area contributed by atoms with Gasteiger partial charge in [0.1, 0.15) is 0 Å².